The molecule has 2 atom stereocenters. The fourth-order valence-corrected chi connectivity index (χ4v) is 4.84. The van der Waals surface area contributed by atoms with Gasteiger partial charge in [-0.05, 0) is 29.8 Å². The molecule has 1 fully saturated rings. The Bertz CT molecular complexity index is 1310. The lowest BCUT2D eigenvalue weighted by Gasteiger charge is -2.24. The zero-order valence-electron chi connectivity index (χ0n) is 18.1. The van der Waals surface area contributed by atoms with Gasteiger partial charge in [-0.3, -0.25) is 4.79 Å². The van der Waals surface area contributed by atoms with Crippen LogP contribution in [0.2, 0.25) is 0 Å². The number of methoxy groups -OCH3 is 1. The molecule has 3 heterocycles. The summed E-state index contributed by atoms with van der Waals surface area (Å²) in [6.07, 6.45) is 1.24. The summed E-state index contributed by atoms with van der Waals surface area (Å²) in [5, 5.41) is 0. The first kappa shape index (κ1) is 22.0. The normalized spacial score (nSPS) is 20.6. The molecular formula is C23H21N3O7S. The van der Waals surface area contributed by atoms with Crippen molar-refractivity contribution in [3.8, 4) is 28.9 Å². The van der Waals surface area contributed by atoms with Gasteiger partial charge in [-0.2, -0.15) is 13.1 Å². The van der Waals surface area contributed by atoms with Gasteiger partial charge >= 0.3 is 10.2 Å². The fraction of sp³-hybridized carbons (Fsp3) is 0.217. The van der Waals surface area contributed by atoms with Crippen molar-refractivity contribution >= 4 is 16.1 Å². The Labute approximate surface area is 196 Å². The van der Waals surface area contributed by atoms with Crippen LogP contribution in [0.15, 0.2) is 60.8 Å². The minimum absolute atomic E-state index is 0.0236. The first-order valence-corrected chi connectivity index (χ1v) is 11.9. The highest BCUT2D eigenvalue weighted by atomic mass is 32.2. The maximum Gasteiger partial charge on any atom is 0.301 e. The molecule has 0 bridgehead atoms. The van der Waals surface area contributed by atoms with Crippen LogP contribution < -0.4 is 28.4 Å². The monoisotopic (exact) mass is 483 g/mol. The quantitative estimate of drug-likeness (QED) is 0.548. The molecule has 2 aliphatic heterocycles. The number of carbonyl (C=O) groups excluding carboxylic acids is 1. The van der Waals surface area contributed by atoms with Crippen LogP contribution in [-0.2, 0) is 15.0 Å². The molecule has 0 saturated carbocycles. The lowest BCUT2D eigenvalue weighted by Crippen LogP contribution is -2.48. The number of benzene rings is 2. The maximum atomic E-state index is 11.7. The zero-order valence-corrected chi connectivity index (χ0v) is 18.9. The Morgan fingerprint density at radius 1 is 1.06 bits per heavy atom. The molecule has 1 unspecified atom stereocenters. The highest BCUT2D eigenvalue weighted by Crippen LogP contribution is 2.43. The molecule has 2 aliphatic rings. The van der Waals surface area contributed by atoms with Gasteiger partial charge in [0.2, 0.25) is 11.8 Å². The minimum atomic E-state index is -3.84. The molecule has 11 heteroatoms. The van der Waals surface area contributed by atoms with Gasteiger partial charge in [-0.1, -0.05) is 24.3 Å². The second kappa shape index (κ2) is 8.84. The fourth-order valence-electron chi connectivity index (χ4n) is 3.81. The number of aromatic nitrogens is 1. The predicted molar refractivity (Wildman–Crippen MR) is 120 cm³/mol. The van der Waals surface area contributed by atoms with Crippen LogP contribution in [0.1, 0.15) is 29.7 Å². The van der Waals surface area contributed by atoms with Gasteiger partial charge in [0.05, 0.1) is 19.3 Å². The highest BCUT2D eigenvalue weighted by molar-refractivity contribution is 7.88. The molecule has 3 aromatic rings. The Morgan fingerprint density at radius 2 is 1.85 bits per heavy atom. The third-order valence-corrected chi connectivity index (χ3v) is 6.47. The first-order valence-electron chi connectivity index (χ1n) is 10.4. The summed E-state index contributed by atoms with van der Waals surface area (Å²) >= 11 is 0. The third kappa shape index (κ3) is 4.61. The Kier molecular flexibility index (Phi) is 5.72. The summed E-state index contributed by atoms with van der Waals surface area (Å²) in [6, 6.07) is 15.3. The predicted octanol–water partition coefficient (Wildman–Crippen LogP) is 2.79. The van der Waals surface area contributed by atoms with Gasteiger partial charge in [0.1, 0.15) is 18.1 Å². The second-order valence-corrected chi connectivity index (χ2v) is 9.15. The molecule has 0 aliphatic carbocycles. The second-order valence-electron chi connectivity index (χ2n) is 7.70. The van der Waals surface area contributed by atoms with E-state index in [1.54, 1.807) is 49.7 Å². The molecule has 34 heavy (non-hydrogen) atoms. The van der Waals surface area contributed by atoms with Crippen LogP contribution in [0.5, 0.6) is 28.9 Å². The molecule has 2 N–H and O–H groups in total. The molecule has 0 spiro atoms. The smallest absolute Gasteiger partial charge is 0.301 e. The van der Waals surface area contributed by atoms with E-state index in [2.05, 4.69) is 9.71 Å². The van der Waals surface area contributed by atoms with Gasteiger partial charge in [0, 0.05) is 18.1 Å². The SMILES string of the molecule is COc1ccc(Oc2cccc3c2OC[C@H]3Oc2ccc(C3CC(=O)NS(=O)(=O)N3)cc2)cn1. The van der Waals surface area contributed by atoms with Crippen LogP contribution in [0.3, 0.4) is 0 Å². The van der Waals surface area contributed by atoms with Crippen LogP contribution in [0, 0.1) is 0 Å². The minimum Gasteiger partial charge on any atom is -0.485 e. The van der Waals surface area contributed by atoms with E-state index in [-0.39, 0.29) is 12.5 Å². The largest absolute Gasteiger partial charge is 0.485 e. The molecule has 1 aromatic heterocycles. The van der Waals surface area contributed by atoms with E-state index in [1.165, 1.54) is 0 Å². The summed E-state index contributed by atoms with van der Waals surface area (Å²) in [4.78, 5) is 15.8. The lowest BCUT2D eigenvalue weighted by molar-refractivity contribution is -0.120. The van der Waals surface area contributed by atoms with Crippen molar-refractivity contribution in [3.05, 3.63) is 71.9 Å². The first-order chi connectivity index (χ1) is 16.4. The number of hydrogen-bond donors (Lipinski definition) is 2. The zero-order chi connectivity index (χ0) is 23.7. The summed E-state index contributed by atoms with van der Waals surface area (Å²) < 4.78 is 50.8. The van der Waals surface area contributed by atoms with Crippen molar-refractivity contribution in [2.75, 3.05) is 13.7 Å². The van der Waals surface area contributed by atoms with Crippen LogP contribution in [-0.4, -0.2) is 33.0 Å². The van der Waals surface area contributed by atoms with Gasteiger partial charge in [-0.15, -0.1) is 0 Å². The number of amides is 1. The number of nitrogens with zero attached hydrogens (tertiary/aromatic N) is 1. The van der Waals surface area contributed by atoms with Crippen molar-refractivity contribution in [1.82, 2.24) is 14.4 Å². The van der Waals surface area contributed by atoms with E-state index in [9.17, 15) is 13.2 Å². The summed E-state index contributed by atoms with van der Waals surface area (Å²) in [7, 11) is -2.30. The number of para-hydroxylation sites is 1. The highest BCUT2D eigenvalue weighted by Gasteiger charge is 2.31. The molecule has 5 rings (SSSR count). The van der Waals surface area contributed by atoms with Crippen LogP contribution >= 0.6 is 0 Å². The van der Waals surface area contributed by atoms with Gasteiger partial charge < -0.3 is 18.9 Å². The molecule has 1 amide bonds. The summed E-state index contributed by atoms with van der Waals surface area (Å²) in [5.74, 6) is 2.22. The van der Waals surface area contributed by atoms with E-state index >= 15 is 0 Å². The third-order valence-electron chi connectivity index (χ3n) is 5.38. The number of pyridine rings is 1. The standard InChI is InChI=1S/C23H21N3O7S/c1-30-22-10-9-16(12-24-22)33-19-4-2-3-17-20(13-31-23(17)19)32-15-7-5-14(6-8-15)18-11-21(27)26-34(28,29)25-18/h2-10,12,18,20,25H,11,13H2,1H3,(H,26,27)/t18?,20-/m1/s1. The Hall–Kier alpha value is -3.83. The van der Waals surface area contributed by atoms with Crippen molar-refractivity contribution in [1.29, 1.82) is 0 Å². The topological polar surface area (TPSA) is 125 Å². The van der Waals surface area contributed by atoms with Gasteiger partial charge in [0.15, 0.2) is 17.6 Å². The van der Waals surface area contributed by atoms with Crippen LogP contribution in [0.25, 0.3) is 0 Å². The van der Waals surface area contributed by atoms with E-state index in [1.807, 2.05) is 22.9 Å². The molecule has 0 radical (unpaired) electrons. The van der Waals surface area contributed by atoms with Crippen molar-refractivity contribution in [2.45, 2.75) is 18.6 Å². The Morgan fingerprint density at radius 3 is 2.56 bits per heavy atom. The van der Waals surface area contributed by atoms with Gasteiger partial charge in [0.25, 0.3) is 0 Å². The van der Waals surface area contributed by atoms with E-state index in [0.717, 1.165) is 5.56 Å². The van der Waals surface area contributed by atoms with E-state index in [4.69, 9.17) is 18.9 Å². The number of hydrogen-bond acceptors (Lipinski definition) is 8. The number of rotatable bonds is 6. The van der Waals surface area contributed by atoms with Crippen molar-refractivity contribution < 1.29 is 32.2 Å². The van der Waals surface area contributed by atoms with Crippen molar-refractivity contribution in [2.24, 2.45) is 0 Å². The lowest BCUT2D eigenvalue weighted by atomic mass is 10.0. The molecule has 2 aromatic carbocycles. The maximum absolute atomic E-state index is 11.7. The molecule has 1 saturated heterocycles. The van der Waals surface area contributed by atoms with Gasteiger partial charge in [-0.25, -0.2) is 9.71 Å². The van der Waals surface area contributed by atoms with Crippen LogP contribution in [0.4, 0.5) is 0 Å². The van der Waals surface area contributed by atoms with E-state index < -0.39 is 22.2 Å². The van der Waals surface area contributed by atoms with E-state index in [0.29, 0.717) is 41.0 Å². The average molecular weight is 484 g/mol. The molecule has 176 valence electrons. The number of nitrogens with one attached hydrogen (secondary N) is 2. The number of ether oxygens (including phenoxy) is 4. The molecule has 10 nitrogen and oxygen atoms in total. The summed E-state index contributed by atoms with van der Waals surface area (Å²) in [6.45, 7) is 0.306. The van der Waals surface area contributed by atoms with Crippen molar-refractivity contribution in [3.63, 3.8) is 0 Å². The molecular weight excluding hydrogens is 462 g/mol. The average Bonchev–Trinajstić information content (AvgIpc) is 3.22. The Balaban J connectivity index is 1.29. The number of carbonyl (C=O) groups is 1. The summed E-state index contributed by atoms with van der Waals surface area (Å²) in [5.41, 5.74) is 1.51. The number of fused-ring (bicyclic) bond motifs is 1.